The highest BCUT2D eigenvalue weighted by Gasteiger charge is 2.34. The van der Waals surface area contributed by atoms with Gasteiger partial charge in [0.05, 0.1) is 35.2 Å². The molecular weight excluding hydrogens is 435 g/mol. The number of morpholine rings is 1. The summed E-state index contributed by atoms with van der Waals surface area (Å²) in [4.78, 5) is 18.5. The van der Waals surface area contributed by atoms with Crippen LogP contribution >= 0.6 is 11.6 Å². The fraction of sp³-hybridized carbons (Fsp3) is 0.263. The number of aromatic nitrogens is 4. The van der Waals surface area contributed by atoms with Crippen molar-refractivity contribution in [3.05, 3.63) is 47.4 Å². The number of nitrogen functional groups attached to an aromatic ring is 1. The number of hydrogen-bond acceptors (Lipinski definition) is 8. The smallest absolute Gasteiger partial charge is 0.384 e. The minimum atomic E-state index is -4.58. The first-order valence-corrected chi connectivity index (χ1v) is 9.60. The number of pyridine rings is 2. The molecule has 0 amide bonds. The van der Waals surface area contributed by atoms with Crippen molar-refractivity contribution in [2.24, 2.45) is 0 Å². The lowest BCUT2D eigenvalue weighted by Crippen LogP contribution is -2.37. The van der Waals surface area contributed by atoms with Crippen LogP contribution in [0.4, 0.5) is 36.4 Å². The third-order valence-corrected chi connectivity index (χ3v) is 4.86. The SMILES string of the molecule is Nc1cc(Cl)c(-c2cc(Nc3ccncc3C(F)(F)F)nc(N3CCOCC3)n2)cn1. The predicted molar refractivity (Wildman–Crippen MR) is 110 cm³/mol. The Balaban J connectivity index is 1.79. The van der Waals surface area contributed by atoms with Crippen LogP contribution in [0.5, 0.6) is 0 Å². The van der Waals surface area contributed by atoms with Gasteiger partial charge in [-0.05, 0) is 12.1 Å². The van der Waals surface area contributed by atoms with E-state index in [1.807, 2.05) is 4.90 Å². The second-order valence-corrected chi connectivity index (χ2v) is 7.08. The van der Waals surface area contributed by atoms with Gasteiger partial charge in [-0.1, -0.05) is 11.6 Å². The van der Waals surface area contributed by atoms with E-state index in [9.17, 15) is 13.2 Å². The molecule has 3 aromatic heterocycles. The van der Waals surface area contributed by atoms with E-state index in [0.29, 0.717) is 48.5 Å². The molecule has 1 aliphatic rings. The highest BCUT2D eigenvalue weighted by molar-refractivity contribution is 6.33. The summed E-state index contributed by atoms with van der Waals surface area (Å²) in [6.45, 7) is 2.06. The molecule has 1 fully saturated rings. The molecule has 0 unspecified atom stereocenters. The Labute approximate surface area is 180 Å². The lowest BCUT2D eigenvalue weighted by atomic mass is 10.2. The lowest BCUT2D eigenvalue weighted by Gasteiger charge is -2.27. The quantitative estimate of drug-likeness (QED) is 0.618. The molecule has 0 aliphatic carbocycles. The average Bonchev–Trinajstić information content (AvgIpc) is 2.74. The zero-order valence-corrected chi connectivity index (χ0v) is 16.8. The number of hydrogen-bond donors (Lipinski definition) is 2. The molecule has 0 bridgehead atoms. The molecule has 0 radical (unpaired) electrons. The van der Waals surface area contributed by atoms with Gasteiger partial charge in [0.25, 0.3) is 0 Å². The van der Waals surface area contributed by atoms with Crippen LogP contribution < -0.4 is 16.0 Å². The fourth-order valence-corrected chi connectivity index (χ4v) is 3.30. The molecule has 162 valence electrons. The minimum Gasteiger partial charge on any atom is -0.384 e. The van der Waals surface area contributed by atoms with Gasteiger partial charge < -0.3 is 20.7 Å². The Hall–Kier alpha value is -3.18. The van der Waals surface area contributed by atoms with Crippen molar-refractivity contribution in [3.63, 3.8) is 0 Å². The van der Waals surface area contributed by atoms with Crippen molar-refractivity contribution in [2.45, 2.75) is 6.18 Å². The molecule has 31 heavy (non-hydrogen) atoms. The molecular formula is C19H17ClF3N7O. The van der Waals surface area contributed by atoms with E-state index in [4.69, 9.17) is 22.1 Å². The summed E-state index contributed by atoms with van der Waals surface area (Å²) in [7, 11) is 0. The number of nitrogens with one attached hydrogen (secondary N) is 1. The average molecular weight is 452 g/mol. The Morgan fingerprint density at radius 3 is 2.61 bits per heavy atom. The molecule has 3 N–H and O–H groups in total. The highest BCUT2D eigenvalue weighted by Crippen LogP contribution is 2.36. The minimum absolute atomic E-state index is 0.163. The zero-order chi connectivity index (χ0) is 22.0. The monoisotopic (exact) mass is 451 g/mol. The summed E-state index contributed by atoms with van der Waals surface area (Å²) < 4.78 is 45.5. The maximum absolute atomic E-state index is 13.4. The number of halogens is 4. The molecule has 4 rings (SSSR count). The van der Waals surface area contributed by atoms with Crippen LogP contribution in [0.3, 0.4) is 0 Å². The van der Waals surface area contributed by atoms with Gasteiger partial charge in [0, 0.05) is 43.3 Å². The fourth-order valence-electron chi connectivity index (χ4n) is 3.04. The van der Waals surface area contributed by atoms with E-state index in [1.165, 1.54) is 30.6 Å². The van der Waals surface area contributed by atoms with Crippen molar-refractivity contribution in [3.8, 4) is 11.3 Å². The Kier molecular flexibility index (Phi) is 5.79. The Bertz CT molecular complexity index is 1090. The third kappa shape index (κ3) is 4.78. The van der Waals surface area contributed by atoms with E-state index in [1.54, 1.807) is 0 Å². The number of rotatable bonds is 4. The Morgan fingerprint density at radius 2 is 1.90 bits per heavy atom. The largest absolute Gasteiger partial charge is 0.419 e. The van der Waals surface area contributed by atoms with Crippen LogP contribution in [0.15, 0.2) is 36.8 Å². The van der Waals surface area contributed by atoms with Gasteiger partial charge in [-0.3, -0.25) is 4.98 Å². The van der Waals surface area contributed by atoms with E-state index < -0.39 is 11.7 Å². The van der Waals surface area contributed by atoms with Crippen molar-refractivity contribution in [1.82, 2.24) is 19.9 Å². The second-order valence-electron chi connectivity index (χ2n) is 6.67. The van der Waals surface area contributed by atoms with Gasteiger partial charge in [-0.25, -0.2) is 9.97 Å². The molecule has 8 nitrogen and oxygen atoms in total. The van der Waals surface area contributed by atoms with Crippen LogP contribution in [0.25, 0.3) is 11.3 Å². The second kappa shape index (κ2) is 8.52. The van der Waals surface area contributed by atoms with Gasteiger partial charge in [0.15, 0.2) is 0 Å². The van der Waals surface area contributed by atoms with Crippen LogP contribution in [0.1, 0.15) is 5.56 Å². The number of alkyl halides is 3. The molecule has 12 heteroatoms. The van der Waals surface area contributed by atoms with Crippen LogP contribution in [-0.4, -0.2) is 46.2 Å². The maximum atomic E-state index is 13.4. The molecule has 1 saturated heterocycles. The van der Waals surface area contributed by atoms with Crippen LogP contribution in [-0.2, 0) is 10.9 Å². The predicted octanol–water partition coefficient (Wildman–Crippen LogP) is 3.77. The maximum Gasteiger partial charge on any atom is 0.419 e. The summed E-state index contributed by atoms with van der Waals surface area (Å²) in [5.41, 5.74) is 5.44. The molecule has 0 atom stereocenters. The summed E-state index contributed by atoms with van der Waals surface area (Å²) in [5, 5.41) is 3.05. The first kappa shape index (κ1) is 21.1. The molecule has 4 heterocycles. The number of nitrogens with zero attached hydrogens (tertiary/aromatic N) is 5. The summed E-state index contributed by atoms with van der Waals surface area (Å²) in [6, 6.07) is 4.21. The summed E-state index contributed by atoms with van der Waals surface area (Å²) in [5.74, 6) is 0.732. The topological polar surface area (TPSA) is 102 Å². The zero-order valence-electron chi connectivity index (χ0n) is 16.0. The van der Waals surface area contributed by atoms with Crippen LogP contribution in [0, 0.1) is 0 Å². The van der Waals surface area contributed by atoms with E-state index >= 15 is 0 Å². The molecule has 0 spiro atoms. The highest BCUT2D eigenvalue weighted by atomic mass is 35.5. The standard InChI is InChI=1S/C19H17ClF3N7O/c20-13-7-16(24)26-9-11(13)15-8-17(29-18(28-15)30-3-5-31-6-4-30)27-14-1-2-25-10-12(14)19(21,22)23/h1-2,7-10H,3-6H2,(H2,24,26)(H,25,27,28,29). The van der Waals surface area contributed by atoms with Gasteiger partial charge in [0.2, 0.25) is 5.95 Å². The Morgan fingerprint density at radius 1 is 1.13 bits per heavy atom. The molecule has 0 aromatic carbocycles. The normalized spacial score (nSPS) is 14.5. The molecule has 0 saturated carbocycles. The van der Waals surface area contributed by atoms with Gasteiger partial charge in [-0.2, -0.15) is 18.2 Å². The summed E-state index contributed by atoms with van der Waals surface area (Å²) >= 11 is 6.31. The van der Waals surface area contributed by atoms with Gasteiger partial charge in [-0.15, -0.1) is 0 Å². The number of ether oxygens (including phenoxy) is 1. The summed E-state index contributed by atoms with van der Waals surface area (Å²) in [6.07, 6.45) is -1.10. The lowest BCUT2D eigenvalue weighted by molar-refractivity contribution is -0.137. The van der Waals surface area contributed by atoms with E-state index in [2.05, 4.69) is 25.3 Å². The number of nitrogens with two attached hydrogens (primary N) is 1. The first-order valence-electron chi connectivity index (χ1n) is 9.22. The van der Waals surface area contributed by atoms with Crippen molar-refractivity contribution in [2.75, 3.05) is 42.3 Å². The molecule has 1 aliphatic heterocycles. The van der Waals surface area contributed by atoms with Crippen molar-refractivity contribution in [1.29, 1.82) is 0 Å². The van der Waals surface area contributed by atoms with Crippen molar-refractivity contribution < 1.29 is 17.9 Å². The van der Waals surface area contributed by atoms with Crippen LogP contribution in [0.2, 0.25) is 5.02 Å². The van der Waals surface area contributed by atoms with Gasteiger partial charge in [0.1, 0.15) is 11.6 Å². The molecule has 3 aromatic rings. The van der Waals surface area contributed by atoms with Crippen molar-refractivity contribution >= 4 is 34.9 Å². The van der Waals surface area contributed by atoms with E-state index in [-0.39, 0.29) is 17.3 Å². The number of anilines is 4. The van der Waals surface area contributed by atoms with E-state index in [0.717, 1.165) is 6.20 Å². The van der Waals surface area contributed by atoms with Gasteiger partial charge >= 0.3 is 6.18 Å². The first-order chi connectivity index (χ1) is 14.8. The third-order valence-electron chi connectivity index (χ3n) is 4.55.